The number of carbonyl (C=O) groups is 1. The fourth-order valence-corrected chi connectivity index (χ4v) is 3.56. The molecule has 0 radical (unpaired) electrons. The second-order valence-corrected chi connectivity index (χ2v) is 7.85. The van der Waals surface area contributed by atoms with Gasteiger partial charge in [-0.2, -0.15) is 0 Å². The summed E-state index contributed by atoms with van der Waals surface area (Å²) in [6.07, 6.45) is 3.02. The molecule has 0 aliphatic heterocycles. The molecule has 1 heterocycles. The number of ether oxygens (including phenoxy) is 1. The fraction of sp³-hybridized carbons (Fsp3) is 0.174. The quantitative estimate of drug-likeness (QED) is 0.464. The van der Waals surface area contributed by atoms with Gasteiger partial charge in [0.2, 0.25) is 0 Å². The Bertz CT molecular complexity index is 1230. The minimum Gasteiger partial charge on any atom is -0.383 e. The Morgan fingerprint density at radius 1 is 1.19 bits per heavy atom. The van der Waals surface area contributed by atoms with E-state index in [9.17, 15) is 14.4 Å². The van der Waals surface area contributed by atoms with E-state index in [1.54, 1.807) is 6.08 Å². The lowest BCUT2D eigenvalue weighted by Crippen LogP contribution is -2.40. The predicted octanol–water partition coefficient (Wildman–Crippen LogP) is 2.77. The summed E-state index contributed by atoms with van der Waals surface area (Å²) in [5.41, 5.74) is 6.32. The molecule has 2 aromatic carbocycles. The van der Waals surface area contributed by atoms with Crippen molar-refractivity contribution < 1.29 is 9.53 Å². The minimum atomic E-state index is -0.735. The molecule has 0 bridgehead atoms. The van der Waals surface area contributed by atoms with Crippen LogP contribution in [0, 0.1) is 0 Å². The molecule has 0 saturated carbocycles. The minimum absolute atomic E-state index is 0.0894. The maximum Gasteiger partial charge on any atom is 0.330 e. The zero-order valence-electron chi connectivity index (χ0n) is 17.5. The first-order valence-corrected chi connectivity index (χ1v) is 10.6. The smallest absolute Gasteiger partial charge is 0.330 e. The lowest BCUT2D eigenvalue weighted by Gasteiger charge is -2.23. The molecule has 0 fully saturated rings. The number of nitrogen functional groups attached to an aromatic ring is 1. The van der Waals surface area contributed by atoms with Crippen molar-refractivity contribution in [3.8, 4) is 0 Å². The molecule has 166 valence electrons. The second kappa shape index (κ2) is 10.7. The van der Waals surface area contributed by atoms with E-state index >= 15 is 0 Å². The number of rotatable bonds is 8. The van der Waals surface area contributed by atoms with E-state index in [4.69, 9.17) is 10.5 Å². The number of aromatic amines is 1. The first-order valence-electron chi connectivity index (χ1n) is 9.81. The average molecular weight is 499 g/mol. The molecule has 0 atom stereocenters. The van der Waals surface area contributed by atoms with Gasteiger partial charge in [0.25, 0.3) is 11.5 Å². The largest absolute Gasteiger partial charge is 0.383 e. The molecule has 0 aliphatic carbocycles. The number of nitrogens with two attached hydrogens (primary N) is 1. The van der Waals surface area contributed by atoms with Crippen LogP contribution in [0.5, 0.6) is 0 Å². The molecule has 0 unspecified atom stereocenters. The van der Waals surface area contributed by atoms with E-state index in [0.717, 1.165) is 15.6 Å². The van der Waals surface area contributed by atoms with Gasteiger partial charge < -0.3 is 10.5 Å². The number of aromatic nitrogens is 2. The van der Waals surface area contributed by atoms with Crippen LogP contribution in [0.4, 0.5) is 11.5 Å². The second-order valence-electron chi connectivity index (χ2n) is 6.94. The summed E-state index contributed by atoms with van der Waals surface area (Å²) in [7, 11) is 1.49. The average Bonchev–Trinajstić information content (AvgIpc) is 2.77. The first-order chi connectivity index (χ1) is 15.4. The summed E-state index contributed by atoms with van der Waals surface area (Å²) in [5.74, 6) is -0.557. The van der Waals surface area contributed by atoms with Crippen LogP contribution in [0.3, 0.4) is 0 Å². The predicted molar refractivity (Wildman–Crippen MR) is 128 cm³/mol. The lowest BCUT2D eigenvalue weighted by molar-refractivity contribution is -0.114. The van der Waals surface area contributed by atoms with Crippen LogP contribution >= 0.6 is 15.9 Å². The molecule has 1 amide bonds. The number of hydrogen-bond donors (Lipinski definition) is 2. The molecule has 9 heteroatoms. The molecule has 0 saturated heterocycles. The Labute approximate surface area is 193 Å². The van der Waals surface area contributed by atoms with Crippen LogP contribution in [0.15, 0.2) is 74.7 Å². The number of nitrogens with zero attached hydrogens (tertiary/aromatic N) is 2. The van der Waals surface area contributed by atoms with Crippen molar-refractivity contribution in [2.75, 3.05) is 24.4 Å². The number of halogens is 1. The van der Waals surface area contributed by atoms with Crippen molar-refractivity contribution in [3.63, 3.8) is 0 Å². The Morgan fingerprint density at radius 2 is 1.94 bits per heavy atom. The molecule has 3 N–H and O–H groups in total. The van der Waals surface area contributed by atoms with E-state index in [1.165, 1.54) is 22.7 Å². The summed E-state index contributed by atoms with van der Waals surface area (Å²) < 4.78 is 7.08. The molecule has 0 aliphatic rings. The van der Waals surface area contributed by atoms with Gasteiger partial charge in [-0.05, 0) is 29.3 Å². The van der Waals surface area contributed by atoms with E-state index in [-0.39, 0.29) is 31.2 Å². The van der Waals surface area contributed by atoms with Crippen LogP contribution in [-0.4, -0.2) is 29.2 Å². The number of H-pyrrole nitrogens is 1. The van der Waals surface area contributed by atoms with Gasteiger partial charge in [0.05, 0.1) is 19.7 Å². The maximum absolute atomic E-state index is 13.2. The van der Waals surface area contributed by atoms with Crippen LogP contribution in [0.1, 0.15) is 11.1 Å². The standard InChI is InChI=1S/C23H23BrN4O4/c1-32-13-12-27-21(25)20(22(30)26-23(27)31)28(15-17-6-3-2-4-7-17)19(29)11-10-16-8-5-9-18(24)14-16/h2-11,14H,12-13,15,25H2,1H3,(H,26,30,31)/b11-10+. The Hall–Kier alpha value is -3.43. The molecular weight excluding hydrogens is 476 g/mol. The Kier molecular flexibility index (Phi) is 7.80. The summed E-state index contributed by atoms with van der Waals surface area (Å²) >= 11 is 3.40. The number of carbonyl (C=O) groups excluding carboxylic acids is 1. The lowest BCUT2D eigenvalue weighted by atomic mass is 10.2. The number of anilines is 2. The monoisotopic (exact) mass is 498 g/mol. The van der Waals surface area contributed by atoms with Gasteiger partial charge in [0, 0.05) is 17.7 Å². The Morgan fingerprint density at radius 3 is 2.62 bits per heavy atom. The zero-order chi connectivity index (χ0) is 23.1. The third-order valence-electron chi connectivity index (χ3n) is 4.72. The number of methoxy groups -OCH3 is 1. The highest BCUT2D eigenvalue weighted by Crippen LogP contribution is 2.21. The van der Waals surface area contributed by atoms with Crippen molar-refractivity contribution in [1.29, 1.82) is 0 Å². The van der Waals surface area contributed by atoms with Crippen LogP contribution in [-0.2, 0) is 22.6 Å². The van der Waals surface area contributed by atoms with Gasteiger partial charge in [-0.25, -0.2) is 4.79 Å². The molecule has 0 spiro atoms. The number of hydrogen-bond acceptors (Lipinski definition) is 5. The molecule has 32 heavy (non-hydrogen) atoms. The topological polar surface area (TPSA) is 110 Å². The van der Waals surface area contributed by atoms with Gasteiger partial charge in [-0.15, -0.1) is 0 Å². The van der Waals surface area contributed by atoms with E-state index in [1.807, 2.05) is 54.6 Å². The summed E-state index contributed by atoms with van der Waals surface area (Å²) in [6.45, 7) is 0.440. The molecule has 3 aromatic rings. The van der Waals surface area contributed by atoms with E-state index < -0.39 is 17.2 Å². The first kappa shape index (κ1) is 23.2. The highest BCUT2D eigenvalue weighted by Gasteiger charge is 2.23. The number of benzene rings is 2. The van der Waals surface area contributed by atoms with Gasteiger partial charge in [0.15, 0.2) is 5.69 Å². The van der Waals surface area contributed by atoms with Crippen molar-refractivity contribution in [3.05, 3.63) is 97.1 Å². The van der Waals surface area contributed by atoms with Gasteiger partial charge >= 0.3 is 5.69 Å². The van der Waals surface area contributed by atoms with Crippen molar-refractivity contribution >= 4 is 39.4 Å². The molecule has 8 nitrogen and oxygen atoms in total. The molecule has 1 aromatic heterocycles. The fourth-order valence-electron chi connectivity index (χ4n) is 3.14. The zero-order valence-corrected chi connectivity index (χ0v) is 19.0. The van der Waals surface area contributed by atoms with E-state index in [2.05, 4.69) is 20.9 Å². The van der Waals surface area contributed by atoms with Crippen molar-refractivity contribution in [2.24, 2.45) is 0 Å². The highest BCUT2D eigenvalue weighted by molar-refractivity contribution is 9.10. The summed E-state index contributed by atoms with van der Waals surface area (Å²) in [6, 6.07) is 16.6. The normalized spacial score (nSPS) is 11.1. The van der Waals surface area contributed by atoms with E-state index in [0.29, 0.717) is 0 Å². The third-order valence-corrected chi connectivity index (χ3v) is 5.21. The van der Waals surface area contributed by atoms with Crippen LogP contribution in [0.2, 0.25) is 0 Å². The van der Waals surface area contributed by atoms with Crippen LogP contribution < -0.4 is 21.9 Å². The van der Waals surface area contributed by atoms with Crippen molar-refractivity contribution in [1.82, 2.24) is 9.55 Å². The summed E-state index contributed by atoms with van der Waals surface area (Å²) in [4.78, 5) is 41.7. The number of amides is 1. The van der Waals surface area contributed by atoms with Gasteiger partial charge in [-0.1, -0.05) is 58.4 Å². The third kappa shape index (κ3) is 5.63. The molecular formula is C23H23BrN4O4. The molecule has 3 rings (SSSR count). The SMILES string of the molecule is COCCn1c(N)c(N(Cc2ccccc2)C(=O)/C=C/c2cccc(Br)c2)c(=O)[nH]c1=O. The number of nitrogens with one attached hydrogen (secondary N) is 1. The maximum atomic E-state index is 13.2. The van der Waals surface area contributed by atoms with Crippen LogP contribution in [0.25, 0.3) is 6.08 Å². The Balaban J connectivity index is 2.06. The summed E-state index contributed by atoms with van der Waals surface area (Å²) in [5, 5.41) is 0. The highest BCUT2D eigenvalue weighted by atomic mass is 79.9. The van der Waals surface area contributed by atoms with Gasteiger partial charge in [0.1, 0.15) is 5.82 Å². The van der Waals surface area contributed by atoms with Gasteiger partial charge in [-0.3, -0.25) is 24.0 Å². The van der Waals surface area contributed by atoms with Crippen molar-refractivity contribution in [2.45, 2.75) is 13.1 Å².